The van der Waals surface area contributed by atoms with E-state index in [2.05, 4.69) is 5.32 Å². The molecule has 0 fully saturated rings. The molecule has 2 aromatic rings. The Bertz CT molecular complexity index is 591. The summed E-state index contributed by atoms with van der Waals surface area (Å²) in [5, 5.41) is 21.3. The number of rotatable bonds is 3. The molecule has 0 aromatic heterocycles. The molecule has 19 heavy (non-hydrogen) atoms. The zero-order chi connectivity index (χ0) is 13.8. The smallest absolute Gasteiger partial charge is 0.228 e. The molecule has 2 aromatic carbocycles. The number of hydrogen-bond acceptors (Lipinski definition) is 3. The van der Waals surface area contributed by atoms with Crippen molar-refractivity contribution in [3.63, 3.8) is 0 Å². The van der Waals surface area contributed by atoms with E-state index in [1.54, 1.807) is 6.07 Å². The fraction of sp³-hybridized carbons (Fsp3) is 0.133. The van der Waals surface area contributed by atoms with Crippen molar-refractivity contribution < 1.29 is 15.0 Å². The molecule has 0 heterocycles. The third-order valence-electron chi connectivity index (χ3n) is 2.74. The minimum Gasteiger partial charge on any atom is -0.504 e. The highest BCUT2D eigenvalue weighted by molar-refractivity contribution is 5.92. The summed E-state index contributed by atoms with van der Waals surface area (Å²) in [6.07, 6.45) is 0.141. The summed E-state index contributed by atoms with van der Waals surface area (Å²) in [5.41, 5.74) is 2.50. The van der Waals surface area contributed by atoms with Gasteiger partial charge in [0.1, 0.15) is 0 Å². The lowest BCUT2D eigenvalue weighted by atomic mass is 10.1. The van der Waals surface area contributed by atoms with Crippen molar-refractivity contribution in [3.8, 4) is 11.5 Å². The zero-order valence-electron chi connectivity index (χ0n) is 10.6. The van der Waals surface area contributed by atoms with Crippen molar-refractivity contribution in [2.24, 2.45) is 0 Å². The SMILES string of the molecule is Cc1ccc(NC(=O)Cc2ccc(O)c(O)c2)cc1. The normalized spacial score (nSPS) is 10.2. The van der Waals surface area contributed by atoms with E-state index < -0.39 is 0 Å². The second kappa shape index (κ2) is 5.44. The molecular formula is C15H15NO3. The average Bonchev–Trinajstić information content (AvgIpc) is 2.37. The lowest BCUT2D eigenvalue weighted by Crippen LogP contribution is -2.14. The van der Waals surface area contributed by atoms with Crippen LogP contribution in [-0.2, 0) is 11.2 Å². The number of phenols is 2. The zero-order valence-corrected chi connectivity index (χ0v) is 10.6. The van der Waals surface area contributed by atoms with Crippen LogP contribution in [0.2, 0.25) is 0 Å². The number of phenolic OH excluding ortho intramolecular Hbond substituents is 2. The third-order valence-corrected chi connectivity index (χ3v) is 2.74. The molecule has 1 amide bonds. The molecule has 4 heteroatoms. The molecule has 4 nitrogen and oxygen atoms in total. The van der Waals surface area contributed by atoms with Gasteiger partial charge in [-0.2, -0.15) is 0 Å². The number of nitrogens with one attached hydrogen (secondary N) is 1. The molecule has 3 N–H and O–H groups in total. The van der Waals surface area contributed by atoms with Gasteiger partial charge in [0.2, 0.25) is 5.91 Å². The summed E-state index contributed by atoms with van der Waals surface area (Å²) in [4.78, 5) is 11.8. The van der Waals surface area contributed by atoms with Crippen LogP contribution in [0, 0.1) is 6.92 Å². The molecule has 0 aliphatic carbocycles. The highest BCUT2D eigenvalue weighted by Gasteiger charge is 2.06. The molecule has 0 saturated carbocycles. The van der Waals surface area contributed by atoms with E-state index >= 15 is 0 Å². The van der Waals surface area contributed by atoms with E-state index in [-0.39, 0.29) is 23.8 Å². The molecule has 2 rings (SSSR count). The number of benzene rings is 2. The Morgan fingerprint density at radius 3 is 2.37 bits per heavy atom. The minimum atomic E-state index is -0.222. The first-order chi connectivity index (χ1) is 9.04. The molecule has 98 valence electrons. The van der Waals surface area contributed by atoms with Crippen LogP contribution in [0.4, 0.5) is 5.69 Å². The lowest BCUT2D eigenvalue weighted by molar-refractivity contribution is -0.115. The fourth-order valence-corrected chi connectivity index (χ4v) is 1.71. The summed E-state index contributed by atoms with van der Waals surface area (Å²) in [7, 11) is 0. The predicted molar refractivity (Wildman–Crippen MR) is 73.3 cm³/mol. The Kier molecular flexibility index (Phi) is 3.71. The highest BCUT2D eigenvalue weighted by atomic mass is 16.3. The molecule has 0 atom stereocenters. The number of carbonyl (C=O) groups excluding carboxylic acids is 1. The first kappa shape index (κ1) is 13.0. The van der Waals surface area contributed by atoms with E-state index in [0.29, 0.717) is 5.56 Å². The van der Waals surface area contributed by atoms with Gasteiger partial charge in [-0.15, -0.1) is 0 Å². The number of aromatic hydroxyl groups is 2. The first-order valence-corrected chi connectivity index (χ1v) is 5.92. The van der Waals surface area contributed by atoms with Gasteiger partial charge in [-0.3, -0.25) is 4.79 Å². The van der Waals surface area contributed by atoms with Gasteiger partial charge in [-0.25, -0.2) is 0 Å². The van der Waals surface area contributed by atoms with Gasteiger partial charge in [-0.1, -0.05) is 23.8 Å². The Balaban J connectivity index is 2.01. The summed E-state index contributed by atoms with van der Waals surface area (Å²) >= 11 is 0. The summed E-state index contributed by atoms with van der Waals surface area (Å²) in [6, 6.07) is 11.9. The fourth-order valence-electron chi connectivity index (χ4n) is 1.71. The van der Waals surface area contributed by atoms with Crippen molar-refractivity contribution in [2.75, 3.05) is 5.32 Å². The number of anilines is 1. The van der Waals surface area contributed by atoms with Gasteiger partial charge in [0.15, 0.2) is 11.5 Å². The largest absolute Gasteiger partial charge is 0.504 e. The molecule has 0 bridgehead atoms. The second-order valence-electron chi connectivity index (χ2n) is 4.41. The van der Waals surface area contributed by atoms with Crippen LogP contribution in [0.3, 0.4) is 0 Å². The van der Waals surface area contributed by atoms with Crippen LogP contribution in [0.1, 0.15) is 11.1 Å². The second-order valence-corrected chi connectivity index (χ2v) is 4.41. The standard InChI is InChI=1S/C15H15NO3/c1-10-2-5-12(6-3-10)16-15(19)9-11-4-7-13(17)14(18)8-11/h2-8,17-18H,9H2,1H3,(H,16,19). The van der Waals surface area contributed by atoms with E-state index in [4.69, 9.17) is 0 Å². The van der Waals surface area contributed by atoms with Gasteiger partial charge >= 0.3 is 0 Å². The van der Waals surface area contributed by atoms with Gasteiger partial charge in [-0.05, 0) is 36.8 Å². The van der Waals surface area contributed by atoms with Crippen molar-refractivity contribution in [3.05, 3.63) is 53.6 Å². The van der Waals surface area contributed by atoms with Crippen molar-refractivity contribution in [1.29, 1.82) is 0 Å². The van der Waals surface area contributed by atoms with Crippen LogP contribution in [0.25, 0.3) is 0 Å². The quantitative estimate of drug-likeness (QED) is 0.740. The van der Waals surface area contributed by atoms with E-state index in [1.165, 1.54) is 12.1 Å². The van der Waals surface area contributed by atoms with E-state index in [9.17, 15) is 15.0 Å². The highest BCUT2D eigenvalue weighted by Crippen LogP contribution is 2.25. The van der Waals surface area contributed by atoms with Crippen LogP contribution in [0.15, 0.2) is 42.5 Å². The summed E-state index contributed by atoms with van der Waals surface area (Å²) < 4.78 is 0. The van der Waals surface area contributed by atoms with Crippen molar-refractivity contribution >= 4 is 11.6 Å². The van der Waals surface area contributed by atoms with Gasteiger partial charge in [0.05, 0.1) is 6.42 Å². The van der Waals surface area contributed by atoms with Crippen LogP contribution < -0.4 is 5.32 Å². The molecule has 0 aliphatic rings. The molecule has 0 unspecified atom stereocenters. The Morgan fingerprint density at radius 1 is 1.05 bits per heavy atom. The minimum absolute atomic E-state index is 0.141. The first-order valence-electron chi connectivity index (χ1n) is 5.92. The molecule has 0 saturated heterocycles. The summed E-state index contributed by atoms with van der Waals surface area (Å²) in [5.74, 6) is -0.586. The maximum absolute atomic E-state index is 11.8. The Morgan fingerprint density at radius 2 is 1.74 bits per heavy atom. The van der Waals surface area contributed by atoms with Crippen LogP contribution in [-0.4, -0.2) is 16.1 Å². The molecule has 0 radical (unpaired) electrons. The summed E-state index contributed by atoms with van der Waals surface area (Å²) in [6.45, 7) is 1.98. The predicted octanol–water partition coefficient (Wildman–Crippen LogP) is 2.59. The average molecular weight is 257 g/mol. The van der Waals surface area contributed by atoms with E-state index in [0.717, 1.165) is 11.3 Å². The monoisotopic (exact) mass is 257 g/mol. The molecule has 0 spiro atoms. The van der Waals surface area contributed by atoms with Gasteiger partial charge in [0.25, 0.3) is 0 Å². The maximum Gasteiger partial charge on any atom is 0.228 e. The molecule has 0 aliphatic heterocycles. The maximum atomic E-state index is 11.8. The van der Waals surface area contributed by atoms with Crippen LogP contribution in [0.5, 0.6) is 11.5 Å². The van der Waals surface area contributed by atoms with Gasteiger partial charge < -0.3 is 15.5 Å². The number of aryl methyl sites for hydroxylation is 1. The number of carbonyl (C=O) groups is 1. The lowest BCUT2D eigenvalue weighted by Gasteiger charge is -2.06. The molecular weight excluding hydrogens is 242 g/mol. The van der Waals surface area contributed by atoms with Crippen molar-refractivity contribution in [1.82, 2.24) is 0 Å². The topological polar surface area (TPSA) is 69.6 Å². The third kappa shape index (κ3) is 3.48. The number of amides is 1. The van der Waals surface area contributed by atoms with Crippen LogP contribution >= 0.6 is 0 Å². The number of hydrogen-bond donors (Lipinski definition) is 3. The van der Waals surface area contributed by atoms with E-state index in [1.807, 2.05) is 31.2 Å². The Hall–Kier alpha value is -2.49. The van der Waals surface area contributed by atoms with Gasteiger partial charge in [0, 0.05) is 5.69 Å². The van der Waals surface area contributed by atoms with Crippen molar-refractivity contribution in [2.45, 2.75) is 13.3 Å². The Labute approximate surface area is 111 Å².